The second kappa shape index (κ2) is 4.87. The molecule has 0 saturated heterocycles. The summed E-state index contributed by atoms with van der Waals surface area (Å²) in [6.07, 6.45) is 0.823. The Morgan fingerprint density at radius 1 is 1.47 bits per heavy atom. The van der Waals surface area contributed by atoms with Crippen molar-refractivity contribution in [2.75, 3.05) is 0 Å². The molecular formula is C11H19N3O. The monoisotopic (exact) mass is 209 g/mol. The topological polar surface area (TPSA) is 60.7 Å². The maximum Gasteiger partial charge on any atom is 0.269 e. The van der Waals surface area contributed by atoms with Crippen LogP contribution in [0.3, 0.4) is 0 Å². The minimum atomic E-state index is -0.0455. The first kappa shape index (κ1) is 11.6. The van der Waals surface area contributed by atoms with Crippen LogP contribution in [0, 0.1) is 5.92 Å². The van der Waals surface area contributed by atoms with Crippen molar-refractivity contribution in [2.24, 2.45) is 5.92 Å². The van der Waals surface area contributed by atoms with Crippen molar-refractivity contribution < 1.29 is 0 Å². The Kier molecular flexibility index (Phi) is 3.77. The molecule has 0 saturated carbocycles. The first-order valence-corrected chi connectivity index (χ1v) is 5.27. The van der Waals surface area contributed by atoms with E-state index in [1.807, 2.05) is 6.92 Å². The van der Waals surface area contributed by atoms with Gasteiger partial charge in [-0.2, -0.15) is 0 Å². The number of nitrogens with one attached hydrogen (secondary N) is 3. The van der Waals surface area contributed by atoms with E-state index >= 15 is 0 Å². The molecule has 0 amide bonds. The summed E-state index contributed by atoms with van der Waals surface area (Å²) in [5.74, 6) is 0.382. The molecule has 0 spiro atoms. The number of aromatic amines is 2. The van der Waals surface area contributed by atoms with E-state index in [0.717, 1.165) is 23.4 Å². The Morgan fingerprint density at radius 3 is 2.67 bits per heavy atom. The molecule has 15 heavy (non-hydrogen) atoms. The molecule has 84 valence electrons. The van der Waals surface area contributed by atoms with Gasteiger partial charge in [-0.1, -0.05) is 27.4 Å². The van der Waals surface area contributed by atoms with Crippen LogP contribution in [-0.4, -0.2) is 10.2 Å². The van der Waals surface area contributed by atoms with Gasteiger partial charge in [-0.3, -0.25) is 9.89 Å². The van der Waals surface area contributed by atoms with E-state index in [9.17, 15) is 4.79 Å². The van der Waals surface area contributed by atoms with Crippen molar-refractivity contribution in [3.05, 3.63) is 33.9 Å². The Morgan fingerprint density at radius 2 is 2.13 bits per heavy atom. The third kappa shape index (κ3) is 2.75. The van der Waals surface area contributed by atoms with Crippen LogP contribution in [-0.2, 0) is 13.0 Å². The highest BCUT2D eigenvalue weighted by Gasteiger charge is 2.08. The average molecular weight is 209 g/mol. The van der Waals surface area contributed by atoms with Crippen LogP contribution in [0.5, 0.6) is 0 Å². The van der Waals surface area contributed by atoms with Gasteiger partial charge in [0, 0.05) is 17.9 Å². The molecule has 0 aliphatic rings. The van der Waals surface area contributed by atoms with E-state index in [0.29, 0.717) is 12.5 Å². The van der Waals surface area contributed by atoms with Crippen LogP contribution < -0.4 is 10.9 Å². The lowest BCUT2D eigenvalue weighted by molar-refractivity contribution is 0.652. The van der Waals surface area contributed by atoms with Gasteiger partial charge in [0.15, 0.2) is 0 Å². The zero-order valence-corrected chi connectivity index (χ0v) is 9.61. The van der Waals surface area contributed by atoms with Crippen molar-refractivity contribution in [2.45, 2.75) is 33.7 Å². The fraction of sp³-hybridized carbons (Fsp3) is 0.545. The van der Waals surface area contributed by atoms with E-state index in [1.54, 1.807) is 0 Å². The van der Waals surface area contributed by atoms with Crippen LogP contribution in [0.4, 0.5) is 0 Å². The van der Waals surface area contributed by atoms with Crippen molar-refractivity contribution in [1.29, 1.82) is 0 Å². The number of aromatic nitrogens is 2. The highest BCUT2D eigenvalue weighted by Crippen LogP contribution is 2.05. The van der Waals surface area contributed by atoms with Crippen LogP contribution in [0.2, 0.25) is 0 Å². The van der Waals surface area contributed by atoms with Gasteiger partial charge >= 0.3 is 0 Å². The molecule has 4 nitrogen and oxygen atoms in total. The van der Waals surface area contributed by atoms with Gasteiger partial charge in [0.05, 0.1) is 5.56 Å². The molecule has 3 N–H and O–H groups in total. The van der Waals surface area contributed by atoms with Crippen LogP contribution in [0.1, 0.15) is 32.0 Å². The van der Waals surface area contributed by atoms with Gasteiger partial charge in [0.1, 0.15) is 0 Å². The summed E-state index contributed by atoms with van der Waals surface area (Å²) in [5.41, 5.74) is 2.65. The predicted molar refractivity (Wildman–Crippen MR) is 61.6 cm³/mol. The summed E-state index contributed by atoms with van der Waals surface area (Å²) in [7, 11) is 0. The Balaban J connectivity index is 2.68. The van der Waals surface area contributed by atoms with Gasteiger partial charge in [0.2, 0.25) is 0 Å². The molecule has 1 aromatic rings. The Hall–Kier alpha value is -1.45. The lowest BCUT2D eigenvalue weighted by Gasteiger charge is -2.11. The van der Waals surface area contributed by atoms with Crippen LogP contribution in [0.25, 0.3) is 0 Å². The lowest BCUT2D eigenvalue weighted by atomic mass is 10.1. The summed E-state index contributed by atoms with van der Waals surface area (Å²) >= 11 is 0. The van der Waals surface area contributed by atoms with Gasteiger partial charge < -0.3 is 10.4 Å². The highest BCUT2D eigenvalue weighted by molar-refractivity contribution is 5.17. The van der Waals surface area contributed by atoms with E-state index in [4.69, 9.17) is 0 Å². The zero-order valence-electron chi connectivity index (χ0n) is 9.61. The van der Waals surface area contributed by atoms with E-state index < -0.39 is 0 Å². The number of aryl methyl sites for hydroxylation is 1. The molecule has 0 aliphatic heterocycles. The summed E-state index contributed by atoms with van der Waals surface area (Å²) in [6.45, 7) is 10.6. The highest BCUT2D eigenvalue weighted by atomic mass is 16.1. The molecule has 0 aromatic carbocycles. The number of rotatable bonds is 5. The Labute approximate surface area is 89.8 Å². The minimum Gasteiger partial charge on any atom is -0.384 e. The van der Waals surface area contributed by atoms with Gasteiger partial charge in [0.25, 0.3) is 5.56 Å². The van der Waals surface area contributed by atoms with Crippen LogP contribution in [0.15, 0.2) is 17.1 Å². The second-order valence-corrected chi connectivity index (χ2v) is 3.92. The molecule has 0 aliphatic carbocycles. The summed E-state index contributed by atoms with van der Waals surface area (Å²) in [6, 6.07) is 0. The largest absolute Gasteiger partial charge is 0.384 e. The smallest absolute Gasteiger partial charge is 0.269 e. The first-order chi connectivity index (χ1) is 7.06. The molecule has 1 aromatic heterocycles. The van der Waals surface area contributed by atoms with Gasteiger partial charge in [-0.25, -0.2) is 0 Å². The third-order valence-corrected chi connectivity index (χ3v) is 2.51. The molecule has 0 fully saturated rings. The normalized spacial score (nSPS) is 10.7. The van der Waals surface area contributed by atoms with E-state index in [1.165, 1.54) is 0 Å². The van der Waals surface area contributed by atoms with Crippen molar-refractivity contribution in [1.82, 2.24) is 15.5 Å². The fourth-order valence-electron chi connectivity index (χ4n) is 1.31. The van der Waals surface area contributed by atoms with Crippen molar-refractivity contribution in [3.63, 3.8) is 0 Å². The SMILES string of the molecule is C=C(NCc1c(CC)[nH][nH]c1=O)C(C)C. The molecule has 0 bridgehead atoms. The molecule has 1 heterocycles. The molecule has 0 atom stereocenters. The number of hydrogen-bond acceptors (Lipinski definition) is 2. The van der Waals surface area contributed by atoms with Gasteiger partial charge in [-0.15, -0.1) is 0 Å². The lowest BCUT2D eigenvalue weighted by Crippen LogP contribution is -2.20. The summed E-state index contributed by atoms with van der Waals surface area (Å²) < 4.78 is 0. The average Bonchev–Trinajstić information content (AvgIpc) is 2.55. The molecular weight excluding hydrogens is 190 g/mol. The quantitative estimate of drug-likeness (QED) is 0.688. The predicted octanol–water partition coefficient (Wildman–Crippen LogP) is 1.52. The van der Waals surface area contributed by atoms with Crippen molar-refractivity contribution in [3.8, 4) is 0 Å². The van der Waals surface area contributed by atoms with Crippen molar-refractivity contribution >= 4 is 0 Å². The maximum atomic E-state index is 11.4. The zero-order chi connectivity index (χ0) is 11.4. The minimum absolute atomic E-state index is 0.0455. The Bertz CT molecular complexity index is 387. The maximum absolute atomic E-state index is 11.4. The van der Waals surface area contributed by atoms with E-state index in [-0.39, 0.29) is 5.56 Å². The summed E-state index contributed by atoms with van der Waals surface area (Å²) in [5, 5.41) is 8.63. The first-order valence-electron chi connectivity index (χ1n) is 5.27. The van der Waals surface area contributed by atoms with Gasteiger partial charge in [-0.05, 0) is 12.3 Å². The molecule has 4 heteroatoms. The fourth-order valence-corrected chi connectivity index (χ4v) is 1.31. The van der Waals surface area contributed by atoms with Crippen LogP contribution >= 0.6 is 0 Å². The summed E-state index contributed by atoms with van der Waals surface area (Å²) in [4.78, 5) is 11.4. The molecule has 0 radical (unpaired) electrons. The molecule has 1 rings (SSSR count). The second-order valence-electron chi connectivity index (χ2n) is 3.92. The number of allylic oxidation sites excluding steroid dienone is 1. The standard InChI is InChI=1S/C11H19N3O/c1-5-10-9(11(15)14-13-10)6-12-8(4)7(2)3/h7,12H,4-6H2,1-3H3,(H2,13,14,15). The molecule has 0 unspecified atom stereocenters. The number of H-pyrrole nitrogens is 2. The third-order valence-electron chi connectivity index (χ3n) is 2.51. The van der Waals surface area contributed by atoms with E-state index in [2.05, 4.69) is 35.9 Å². The number of hydrogen-bond donors (Lipinski definition) is 3.